The zero-order chi connectivity index (χ0) is 8.11. The Kier molecular flexibility index (Phi) is 1.04. The highest BCUT2D eigenvalue weighted by molar-refractivity contribution is 5.27. The highest BCUT2D eigenvalue weighted by Crippen LogP contribution is 2.59. The van der Waals surface area contributed by atoms with Crippen molar-refractivity contribution in [2.24, 2.45) is 11.1 Å². The van der Waals surface area contributed by atoms with Gasteiger partial charge in [0.1, 0.15) is 12.0 Å². The second-order valence-corrected chi connectivity index (χ2v) is 3.92. The van der Waals surface area contributed by atoms with Gasteiger partial charge >= 0.3 is 0 Å². The van der Waals surface area contributed by atoms with Crippen molar-refractivity contribution in [1.82, 2.24) is 5.16 Å². The van der Waals surface area contributed by atoms with Crippen LogP contribution in [0.15, 0.2) is 16.9 Å². The summed E-state index contributed by atoms with van der Waals surface area (Å²) >= 11 is 0. The van der Waals surface area contributed by atoms with Crippen molar-refractivity contribution in [3.8, 4) is 0 Å². The van der Waals surface area contributed by atoms with E-state index in [1.807, 2.05) is 6.07 Å². The summed E-state index contributed by atoms with van der Waals surface area (Å²) in [5.41, 5.74) is 6.89. The lowest BCUT2D eigenvalue weighted by Crippen LogP contribution is -2.25. The smallest absolute Gasteiger partial charge is 0.124 e. The Morgan fingerprint density at radius 3 is 2.64 bits per heavy atom. The normalized spacial score (nSPS) is 33.7. The fourth-order valence-corrected chi connectivity index (χ4v) is 1.53. The van der Waals surface area contributed by atoms with Gasteiger partial charge in [-0.3, -0.25) is 0 Å². The first-order chi connectivity index (χ1) is 5.06. The van der Waals surface area contributed by atoms with Crippen LogP contribution >= 0.6 is 0 Å². The van der Waals surface area contributed by atoms with Crippen LogP contribution in [0.4, 0.5) is 0 Å². The zero-order valence-electron chi connectivity index (χ0n) is 6.79. The van der Waals surface area contributed by atoms with Gasteiger partial charge in [-0.05, 0) is 11.8 Å². The van der Waals surface area contributed by atoms with Gasteiger partial charge in [-0.25, -0.2) is 0 Å². The van der Waals surface area contributed by atoms with Crippen molar-refractivity contribution >= 4 is 0 Å². The first-order valence-corrected chi connectivity index (χ1v) is 3.76. The van der Waals surface area contributed by atoms with E-state index in [4.69, 9.17) is 10.3 Å². The molecule has 0 saturated heterocycles. The molecule has 2 N–H and O–H groups in total. The lowest BCUT2D eigenvalue weighted by atomic mass is 10.0. The number of nitrogens with zero attached hydrogens (tertiary/aromatic N) is 1. The molecule has 0 amide bonds. The van der Waals surface area contributed by atoms with E-state index in [-0.39, 0.29) is 11.0 Å². The summed E-state index contributed by atoms with van der Waals surface area (Å²) in [4.78, 5) is 0. The quantitative estimate of drug-likeness (QED) is 0.659. The molecular weight excluding hydrogens is 140 g/mol. The fourth-order valence-electron chi connectivity index (χ4n) is 1.53. The number of hydrogen-bond donors (Lipinski definition) is 1. The van der Waals surface area contributed by atoms with Crippen LogP contribution in [0.25, 0.3) is 0 Å². The predicted octanol–water partition coefficient (Wildman–Crippen LogP) is 1.26. The molecule has 0 aliphatic heterocycles. The van der Waals surface area contributed by atoms with Gasteiger partial charge in [-0.1, -0.05) is 19.0 Å². The lowest BCUT2D eigenvalue weighted by Gasteiger charge is -2.09. The van der Waals surface area contributed by atoms with E-state index < -0.39 is 0 Å². The molecule has 1 heterocycles. The van der Waals surface area contributed by atoms with Gasteiger partial charge in [-0.15, -0.1) is 0 Å². The monoisotopic (exact) mass is 152 g/mol. The minimum absolute atomic E-state index is 0.184. The van der Waals surface area contributed by atoms with Gasteiger partial charge in [0.25, 0.3) is 0 Å². The maximum atomic E-state index is 6.07. The molecule has 60 valence electrons. The molecule has 1 fully saturated rings. The highest BCUT2D eigenvalue weighted by atomic mass is 16.5. The van der Waals surface area contributed by atoms with Gasteiger partial charge in [0, 0.05) is 6.07 Å². The van der Waals surface area contributed by atoms with E-state index >= 15 is 0 Å². The van der Waals surface area contributed by atoms with Crippen LogP contribution in [0.5, 0.6) is 0 Å². The first kappa shape index (κ1) is 6.85. The second kappa shape index (κ2) is 1.67. The second-order valence-electron chi connectivity index (χ2n) is 3.92. The van der Waals surface area contributed by atoms with Crippen molar-refractivity contribution in [3.63, 3.8) is 0 Å². The number of nitrogens with two attached hydrogens (primary N) is 1. The summed E-state index contributed by atoms with van der Waals surface area (Å²) in [6, 6.07) is 1.84. The van der Waals surface area contributed by atoms with Gasteiger partial charge in [-0.2, -0.15) is 0 Å². The average molecular weight is 152 g/mol. The Morgan fingerprint density at radius 1 is 1.64 bits per heavy atom. The molecule has 0 spiro atoms. The van der Waals surface area contributed by atoms with Crippen LogP contribution in [-0.4, -0.2) is 5.16 Å². The predicted molar refractivity (Wildman–Crippen MR) is 40.8 cm³/mol. The van der Waals surface area contributed by atoms with Crippen LogP contribution in [0, 0.1) is 5.41 Å². The standard InChI is InChI=1S/C8H12N2O/c1-7(2)5-8(7,9)6-3-4-11-10-6/h3-4H,5,9H2,1-2H3. The molecule has 3 heteroatoms. The molecule has 0 radical (unpaired) electrons. The van der Waals surface area contributed by atoms with E-state index in [1.165, 1.54) is 0 Å². The molecule has 0 bridgehead atoms. The van der Waals surface area contributed by atoms with E-state index in [2.05, 4.69) is 19.0 Å². The van der Waals surface area contributed by atoms with Crippen molar-refractivity contribution in [3.05, 3.63) is 18.0 Å². The van der Waals surface area contributed by atoms with E-state index in [0.717, 1.165) is 12.1 Å². The summed E-state index contributed by atoms with van der Waals surface area (Å²) in [6.07, 6.45) is 2.56. The highest BCUT2D eigenvalue weighted by Gasteiger charge is 2.61. The van der Waals surface area contributed by atoms with Gasteiger partial charge in [0.2, 0.25) is 0 Å². The third-order valence-corrected chi connectivity index (χ3v) is 2.70. The minimum atomic E-state index is -0.236. The molecular formula is C8H12N2O. The summed E-state index contributed by atoms with van der Waals surface area (Å²) < 4.78 is 4.74. The molecule has 1 saturated carbocycles. The summed E-state index contributed by atoms with van der Waals surface area (Å²) in [6.45, 7) is 4.28. The van der Waals surface area contributed by atoms with Crippen molar-refractivity contribution in [1.29, 1.82) is 0 Å². The fraction of sp³-hybridized carbons (Fsp3) is 0.625. The van der Waals surface area contributed by atoms with Gasteiger partial charge in [0.05, 0.1) is 5.54 Å². The molecule has 3 nitrogen and oxygen atoms in total. The number of aromatic nitrogens is 1. The Labute approximate surface area is 65.6 Å². The van der Waals surface area contributed by atoms with Crippen molar-refractivity contribution in [2.45, 2.75) is 25.8 Å². The molecule has 11 heavy (non-hydrogen) atoms. The molecule has 1 aromatic rings. The molecule has 0 aromatic carbocycles. The molecule has 2 rings (SSSR count). The molecule has 1 aromatic heterocycles. The third kappa shape index (κ3) is 0.744. The zero-order valence-corrected chi connectivity index (χ0v) is 6.79. The molecule has 1 aliphatic rings. The average Bonchev–Trinajstić information content (AvgIpc) is 2.36. The third-order valence-electron chi connectivity index (χ3n) is 2.70. The topological polar surface area (TPSA) is 52.0 Å². The van der Waals surface area contributed by atoms with Crippen molar-refractivity contribution < 1.29 is 4.52 Å². The first-order valence-electron chi connectivity index (χ1n) is 3.76. The van der Waals surface area contributed by atoms with Crippen molar-refractivity contribution in [2.75, 3.05) is 0 Å². The maximum absolute atomic E-state index is 6.07. The Balaban J connectivity index is 2.33. The van der Waals surface area contributed by atoms with Crippen LogP contribution in [0.2, 0.25) is 0 Å². The summed E-state index contributed by atoms with van der Waals surface area (Å²) in [5, 5.41) is 3.85. The largest absolute Gasteiger partial charge is 0.364 e. The van der Waals surface area contributed by atoms with Crippen LogP contribution in [0.1, 0.15) is 26.0 Å². The van der Waals surface area contributed by atoms with E-state index in [1.54, 1.807) is 6.26 Å². The summed E-state index contributed by atoms with van der Waals surface area (Å²) in [7, 11) is 0. The number of hydrogen-bond acceptors (Lipinski definition) is 3. The Hall–Kier alpha value is -0.830. The lowest BCUT2D eigenvalue weighted by molar-refractivity contribution is 0.390. The minimum Gasteiger partial charge on any atom is -0.364 e. The molecule has 1 aliphatic carbocycles. The van der Waals surface area contributed by atoms with Crippen LogP contribution in [-0.2, 0) is 5.54 Å². The maximum Gasteiger partial charge on any atom is 0.124 e. The van der Waals surface area contributed by atoms with Gasteiger partial charge < -0.3 is 10.3 Å². The van der Waals surface area contributed by atoms with Crippen LogP contribution < -0.4 is 5.73 Å². The van der Waals surface area contributed by atoms with E-state index in [9.17, 15) is 0 Å². The number of rotatable bonds is 1. The van der Waals surface area contributed by atoms with E-state index in [0.29, 0.717) is 0 Å². The molecule has 1 unspecified atom stereocenters. The van der Waals surface area contributed by atoms with Gasteiger partial charge in [0.15, 0.2) is 0 Å². The SMILES string of the molecule is CC1(C)CC1(N)c1ccon1. The van der Waals surface area contributed by atoms with Crippen LogP contribution in [0.3, 0.4) is 0 Å². The Morgan fingerprint density at radius 2 is 2.27 bits per heavy atom. The summed E-state index contributed by atoms with van der Waals surface area (Å²) in [5.74, 6) is 0. The molecule has 1 atom stereocenters. The Bertz CT molecular complexity index is 266.